The number of alkyl halides is 3. The molecule has 1 heterocycles. The zero-order valence-electron chi connectivity index (χ0n) is 11.6. The number of aryl methyl sites for hydroxylation is 2. The molecule has 0 amide bonds. The van der Waals surface area contributed by atoms with E-state index in [2.05, 4.69) is 4.98 Å². The third-order valence-electron chi connectivity index (χ3n) is 3.66. The van der Waals surface area contributed by atoms with Crippen LogP contribution in [-0.2, 0) is 13.2 Å². The number of benzene rings is 2. The molecule has 2 aromatic carbocycles. The highest BCUT2D eigenvalue weighted by atomic mass is 19.4. The highest BCUT2D eigenvalue weighted by Crippen LogP contribution is 2.32. The van der Waals surface area contributed by atoms with Crippen molar-refractivity contribution in [2.45, 2.75) is 13.1 Å². The number of hydrogen-bond acceptors (Lipinski definition) is 0. The first-order valence-electron chi connectivity index (χ1n) is 6.53. The average molecular weight is 291 g/mol. The van der Waals surface area contributed by atoms with Crippen LogP contribution >= 0.6 is 0 Å². The van der Waals surface area contributed by atoms with Crippen LogP contribution < -0.4 is 4.57 Å². The molecular formula is C16H14F3N2+. The molecule has 0 aliphatic heterocycles. The number of fused-ring (bicyclic) bond motifs is 1. The number of aromatic nitrogens is 2. The zero-order chi connectivity index (χ0) is 15.2. The van der Waals surface area contributed by atoms with E-state index in [1.165, 1.54) is 12.1 Å². The number of nitrogens with one attached hydrogen (secondary N) is 1. The summed E-state index contributed by atoms with van der Waals surface area (Å²) in [7, 11) is 1.89. The first-order valence-corrected chi connectivity index (χ1v) is 6.53. The number of para-hydroxylation sites is 2. The fourth-order valence-corrected chi connectivity index (χ4v) is 2.56. The van der Waals surface area contributed by atoms with E-state index >= 15 is 0 Å². The summed E-state index contributed by atoms with van der Waals surface area (Å²) in [5.74, 6) is 0.794. The number of halogens is 3. The Balaban J connectivity index is 2.17. The highest BCUT2D eigenvalue weighted by Gasteiger charge is 2.31. The molecule has 0 unspecified atom stereocenters. The number of H-pyrrole nitrogens is 1. The van der Waals surface area contributed by atoms with Gasteiger partial charge in [0.25, 0.3) is 5.82 Å². The average Bonchev–Trinajstić information content (AvgIpc) is 2.75. The molecule has 0 saturated heterocycles. The van der Waals surface area contributed by atoms with E-state index in [0.29, 0.717) is 5.56 Å². The molecular weight excluding hydrogens is 277 g/mol. The topological polar surface area (TPSA) is 19.7 Å². The van der Waals surface area contributed by atoms with E-state index < -0.39 is 11.7 Å². The Morgan fingerprint density at radius 3 is 2.38 bits per heavy atom. The molecule has 2 nitrogen and oxygen atoms in total. The smallest absolute Gasteiger partial charge is 0.236 e. The maximum Gasteiger partial charge on any atom is 0.416 e. The third-order valence-corrected chi connectivity index (χ3v) is 3.66. The van der Waals surface area contributed by atoms with Crippen LogP contribution in [0.2, 0.25) is 0 Å². The summed E-state index contributed by atoms with van der Waals surface area (Å²) in [4.78, 5) is 3.26. The van der Waals surface area contributed by atoms with Gasteiger partial charge in [-0.05, 0) is 42.8 Å². The van der Waals surface area contributed by atoms with Crippen molar-refractivity contribution in [1.29, 1.82) is 0 Å². The molecule has 5 heteroatoms. The Morgan fingerprint density at radius 2 is 1.76 bits per heavy atom. The SMILES string of the molecule is Cc1cc(C(F)(F)F)ccc1-c1[nH]c2ccccc2[n+]1C. The standard InChI is InChI=1S/C16H13F3N2/c1-10-9-11(16(17,18)19)7-8-12(10)15-20-13-5-3-4-6-14(13)21(15)2/h3-9H,1-2H3/p+1. The summed E-state index contributed by atoms with van der Waals surface area (Å²) in [6, 6.07) is 11.6. The van der Waals surface area contributed by atoms with E-state index in [0.717, 1.165) is 28.5 Å². The first kappa shape index (κ1) is 13.7. The molecule has 3 aromatic rings. The summed E-state index contributed by atoms with van der Waals surface area (Å²) in [6.07, 6.45) is -4.31. The van der Waals surface area contributed by atoms with Crippen molar-refractivity contribution in [3.05, 3.63) is 53.6 Å². The fraction of sp³-hybridized carbons (Fsp3) is 0.188. The number of aromatic amines is 1. The van der Waals surface area contributed by atoms with Gasteiger partial charge >= 0.3 is 6.18 Å². The third kappa shape index (κ3) is 2.28. The van der Waals surface area contributed by atoms with Crippen molar-refractivity contribution in [2.75, 3.05) is 0 Å². The van der Waals surface area contributed by atoms with Crippen LogP contribution in [0.5, 0.6) is 0 Å². The van der Waals surface area contributed by atoms with Gasteiger partial charge in [-0.3, -0.25) is 0 Å². The lowest BCUT2D eigenvalue weighted by Crippen LogP contribution is -2.29. The minimum Gasteiger partial charge on any atom is -0.236 e. The van der Waals surface area contributed by atoms with Gasteiger partial charge in [0.2, 0.25) is 0 Å². The molecule has 0 radical (unpaired) electrons. The van der Waals surface area contributed by atoms with Crippen molar-refractivity contribution in [3.8, 4) is 11.4 Å². The van der Waals surface area contributed by atoms with Gasteiger partial charge in [0.1, 0.15) is 0 Å². The van der Waals surface area contributed by atoms with Gasteiger partial charge < -0.3 is 0 Å². The molecule has 0 fully saturated rings. The van der Waals surface area contributed by atoms with Crippen molar-refractivity contribution in [3.63, 3.8) is 0 Å². The number of imidazole rings is 1. The van der Waals surface area contributed by atoms with Crippen LogP contribution in [0.15, 0.2) is 42.5 Å². The predicted molar refractivity (Wildman–Crippen MR) is 74.6 cm³/mol. The van der Waals surface area contributed by atoms with Crippen molar-refractivity contribution >= 4 is 11.0 Å². The Kier molecular flexibility index (Phi) is 3.01. The largest absolute Gasteiger partial charge is 0.416 e. The molecule has 3 rings (SSSR count). The molecule has 0 saturated carbocycles. The van der Waals surface area contributed by atoms with Crippen LogP contribution in [0.4, 0.5) is 13.2 Å². The van der Waals surface area contributed by atoms with Gasteiger partial charge in [-0.2, -0.15) is 13.2 Å². The number of hydrogen-bond donors (Lipinski definition) is 1. The van der Waals surface area contributed by atoms with Crippen LogP contribution in [0.1, 0.15) is 11.1 Å². The van der Waals surface area contributed by atoms with E-state index in [1.54, 1.807) is 6.92 Å². The molecule has 21 heavy (non-hydrogen) atoms. The summed E-state index contributed by atoms with van der Waals surface area (Å²) in [6.45, 7) is 1.69. The highest BCUT2D eigenvalue weighted by molar-refractivity contribution is 5.75. The second kappa shape index (κ2) is 4.62. The Bertz CT molecular complexity index is 816. The minimum atomic E-state index is -4.31. The van der Waals surface area contributed by atoms with Gasteiger partial charge in [0.15, 0.2) is 11.0 Å². The zero-order valence-corrected chi connectivity index (χ0v) is 11.6. The van der Waals surface area contributed by atoms with Gasteiger partial charge in [0.05, 0.1) is 18.2 Å². The summed E-state index contributed by atoms with van der Waals surface area (Å²) < 4.78 is 40.2. The van der Waals surface area contributed by atoms with Crippen LogP contribution in [-0.4, -0.2) is 4.98 Å². The van der Waals surface area contributed by atoms with E-state index in [9.17, 15) is 13.2 Å². The maximum atomic E-state index is 12.7. The molecule has 108 valence electrons. The molecule has 0 bridgehead atoms. The van der Waals surface area contributed by atoms with E-state index in [4.69, 9.17) is 0 Å². The van der Waals surface area contributed by atoms with Crippen molar-refractivity contribution in [2.24, 2.45) is 7.05 Å². The first-order chi connectivity index (χ1) is 9.88. The van der Waals surface area contributed by atoms with Crippen molar-refractivity contribution < 1.29 is 17.7 Å². The quantitative estimate of drug-likeness (QED) is 0.654. The Hall–Kier alpha value is -2.30. The fourth-order valence-electron chi connectivity index (χ4n) is 2.56. The maximum absolute atomic E-state index is 12.7. The Morgan fingerprint density at radius 1 is 1.05 bits per heavy atom. The molecule has 0 aliphatic rings. The molecule has 1 N–H and O–H groups in total. The van der Waals surface area contributed by atoms with Gasteiger partial charge in [0, 0.05) is 0 Å². The lowest BCUT2D eigenvalue weighted by molar-refractivity contribution is -0.633. The summed E-state index contributed by atoms with van der Waals surface area (Å²) in [5.41, 5.74) is 2.69. The second-order valence-corrected chi connectivity index (χ2v) is 5.08. The predicted octanol–water partition coefficient (Wildman–Crippen LogP) is 3.99. The molecule has 1 aromatic heterocycles. The van der Waals surface area contributed by atoms with E-state index in [-0.39, 0.29) is 0 Å². The van der Waals surface area contributed by atoms with Gasteiger partial charge in [-0.15, -0.1) is 0 Å². The van der Waals surface area contributed by atoms with Crippen LogP contribution in [0.3, 0.4) is 0 Å². The van der Waals surface area contributed by atoms with Crippen LogP contribution in [0, 0.1) is 6.92 Å². The van der Waals surface area contributed by atoms with E-state index in [1.807, 2.05) is 35.9 Å². The molecule has 0 atom stereocenters. The lowest BCUT2D eigenvalue weighted by atomic mass is 10.0. The van der Waals surface area contributed by atoms with Crippen LogP contribution in [0.25, 0.3) is 22.4 Å². The molecule has 0 aliphatic carbocycles. The summed E-state index contributed by atoms with van der Waals surface area (Å²) in [5, 5.41) is 0. The minimum absolute atomic E-state index is 0.590. The number of nitrogens with zero attached hydrogens (tertiary/aromatic N) is 1. The lowest BCUT2D eigenvalue weighted by Gasteiger charge is -2.09. The van der Waals surface area contributed by atoms with Crippen molar-refractivity contribution in [1.82, 2.24) is 4.98 Å². The molecule has 0 spiro atoms. The Labute approximate surface area is 119 Å². The number of rotatable bonds is 1. The summed E-state index contributed by atoms with van der Waals surface area (Å²) >= 11 is 0. The van der Waals surface area contributed by atoms with Gasteiger partial charge in [-0.1, -0.05) is 12.1 Å². The monoisotopic (exact) mass is 291 g/mol. The van der Waals surface area contributed by atoms with Gasteiger partial charge in [-0.25, -0.2) is 9.55 Å². The second-order valence-electron chi connectivity index (χ2n) is 5.08. The normalized spacial score (nSPS) is 12.0.